The van der Waals surface area contributed by atoms with Gasteiger partial charge in [0.15, 0.2) is 0 Å². The molecule has 0 unspecified atom stereocenters. The van der Waals surface area contributed by atoms with Crippen molar-refractivity contribution in [3.05, 3.63) is 69.9 Å². The lowest BCUT2D eigenvalue weighted by molar-refractivity contribution is 0.0955. The molecule has 3 rings (SSSR count). The highest BCUT2D eigenvalue weighted by atomic mass is 35.5. The number of nitrogens with zero attached hydrogens (tertiary/aromatic N) is 1. The monoisotopic (exact) mass is 406 g/mol. The number of hydrogen-bond donors (Lipinski definition) is 1. The molecule has 0 atom stereocenters. The second-order valence-corrected chi connectivity index (χ2v) is 7.51. The molecule has 0 aliphatic carbocycles. The van der Waals surface area contributed by atoms with E-state index in [1.807, 2.05) is 42.5 Å². The molecule has 0 aliphatic heterocycles. The van der Waals surface area contributed by atoms with Gasteiger partial charge < -0.3 is 9.84 Å². The molecule has 3 aromatic rings. The van der Waals surface area contributed by atoms with Crippen molar-refractivity contribution in [2.75, 3.05) is 12.3 Å². The Labute approximate surface area is 165 Å². The predicted molar refractivity (Wildman–Crippen MR) is 106 cm³/mol. The molecule has 0 fully saturated rings. The Balaban J connectivity index is 1.64. The Morgan fingerprint density at radius 2 is 1.88 bits per heavy atom. The van der Waals surface area contributed by atoms with Crippen LogP contribution in [0.25, 0.3) is 11.3 Å². The van der Waals surface area contributed by atoms with Gasteiger partial charge in [-0.2, -0.15) is 0 Å². The van der Waals surface area contributed by atoms with E-state index in [1.54, 1.807) is 24.8 Å². The maximum atomic E-state index is 12.6. The summed E-state index contributed by atoms with van der Waals surface area (Å²) < 4.78 is 5.23. The summed E-state index contributed by atoms with van der Waals surface area (Å²) in [5.41, 5.74) is 1.54. The molecule has 4 nitrogen and oxygen atoms in total. The molecule has 0 saturated heterocycles. The van der Waals surface area contributed by atoms with Crippen molar-refractivity contribution in [1.29, 1.82) is 0 Å². The molecule has 1 heterocycles. The van der Waals surface area contributed by atoms with E-state index in [2.05, 4.69) is 10.5 Å². The number of hydrogen-bond acceptors (Lipinski definition) is 4. The van der Waals surface area contributed by atoms with E-state index in [1.165, 1.54) is 0 Å². The van der Waals surface area contributed by atoms with Crippen LogP contribution < -0.4 is 5.32 Å². The van der Waals surface area contributed by atoms with Gasteiger partial charge in [-0.3, -0.25) is 4.79 Å². The third-order valence-electron chi connectivity index (χ3n) is 3.69. The summed E-state index contributed by atoms with van der Waals surface area (Å²) in [5.74, 6) is 0.970. The standard InChI is InChI=1S/C19H16Cl2N2O2S/c1-12-17(18(23-25-12)15-4-2-3-5-16(15)21)19(24)22-10-11-26-14-8-6-13(20)7-9-14/h2-9H,10-11H2,1H3,(H,22,24). The smallest absolute Gasteiger partial charge is 0.257 e. The van der Waals surface area contributed by atoms with Crippen molar-refractivity contribution in [2.24, 2.45) is 0 Å². The Hall–Kier alpha value is -1.95. The van der Waals surface area contributed by atoms with Gasteiger partial charge in [-0.15, -0.1) is 11.8 Å². The van der Waals surface area contributed by atoms with E-state index in [-0.39, 0.29) is 5.91 Å². The summed E-state index contributed by atoms with van der Waals surface area (Å²) in [4.78, 5) is 13.7. The van der Waals surface area contributed by atoms with Crippen LogP contribution in [0.1, 0.15) is 16.1 Å². The van der Waals surface area contributed by atoms with Crippen molar-refractivity contribution in [3.8, 4) is 11.3 Å². The number of benzene rings is 2. The molecule has 0 aliphatic rings. The minimum absolute atomic E-state index is 0.227. The Kier molecular flexibility index (Phi) is 6.25. The Morgan fingerprint density at radius 3 is 2.62 bits per heavy atom. The van der Waals surface area contributed by atoms with Gasteiger partial charge in [-0.1, -0.05) is 46.6 Å². The van der Waals surface area contributed by atoms with E-state index >= 15 is 0 Å². The van der Waals surface area contributed by atoms with Gasteiger partial charge in [0.05, 0.1) is 5.02 Å². The quantitative estimate of drug-likeness (QED) is 0.434. The van der Waals surface area contributed by atoms with E-state index in [0.29, 0.717) is 39.2 Å². The molecular formula is C19H16Cl2N2O2S. The molecular weight excluding hydrogens is 391 g/mol. The number of amides is 1. The van der Waals surface area contributed by atoms with Crippen LogP contribution in [0.3, 0.4) is 0 Å². The van der Waals surface area contributed by atoms with Crippen LogP contribution >= 0.6 is 35.0 Å². The number of nitrogens with one attached hydrogen (secondary N) is 1. The highest BCUT2D eigenvalue weighted by Gasteiger charge is 2.22. The van der Waals surface area contributed by atoms with Crippen molar-refractivity contribution in [1.82, 2.24) is 10.5 Å². The first-order valence-electron chi connectivity index (χ1n) is 7.94. The van der Waals surface area contributed by atoms with Crippen molar-refractivity contribution >= 4 is 40.9 Å². The topological polar surface area (TPSA) is 55.1 Å². The number of aryl methyl sites for hydroxylation is 1. The average molecular weight is 407 g/mol. The second kappa shape index (κ2) is 8.62. The van der Waals surface area contributed by atoms with Crippen LogP contribution in [0.15, 0.2) is 57.9 Å². The highest BCUT2D eigenvalue weighted by molar-refractivity contribution is 7.99. The lowest BCUT2D eigenvalue weighted by Gasteiger charge is -2.07. The Bertz CT molecular complexity index is 910. The summed E-state index contributed by atoms with van der Waals surface area (Å²) in [6, 6.07) is 14.8. The summed E-state index contributed by atoms with van der Waals surface area (Å²) >= 11 is 13.7. The van der Waals surface area contributed by atoms with Crippen LogP contribution in [-0.4, -0.2) is 23.4 Å². The van der Waals surface area contributed by atoms with Gasteiger partial charge in [0.1, 0.15) is 17.0 Å². The average Bonchev–Trinajstić information content (AvgIpc) is 3.02. The normalized spacial score (nSPS) is 10.7. The van der Waals surface area contributed by atoms with Crippen molar-refractivity contribution in [2.45, 2.75) is 11.8 Å². The molecule has 26 heavy (non-hydrogen) atoms. The molecule has 0 bridgehead atoms. The third kappa shape index (κ3) is 4.41. The van der Waals surface area contributed by atoms with Crippen LogP contribution in [0, 0.1) is 6.92 Å². The molecule has 134 valence electrons. The zero-order valence-electron chi connectivity index (χ0n) is 14.0. The van der Waals surface area contributed by atoms with E-state index in [9.17, 15) is 4.79 Å². The van der Waals surface area contributed by atoms with Crippen LogP contribution in [0.5, 0.6) is 0 Å². The first kappa shape index (κ1) is 18.8. The lowest BCUT2D eigenvalue weighted by Crippen LogP contribution is -2.26. The maximum Gasteiger partial charge on any atom is 0.257 e. The fourth-order valence-electron chi connectivity index (χ4n) is 2.43. The lowest BCUT2D eigenvalue weighted by atomic mass is 10.1. The van der Waals surface area contributed by atoms with E-state index in [0.717, 1.165) is 10.6 Å². The first-order chi connectivity index (χ1) is 12.6. The fourth-order valence-corrected chi connectivity index (χ4v) is 3.55. The summed E-state index contributed by atoms with van der Waals surface area (Å²) in [5, 5.41) is 8.15. The molecule has 0 spiro atoms. The zero-order valence-corrected chi connectivity index (χ0v) is 16.3. The molecule has 0 saturated carbocycles. The molecule has 7 heteroatoms. The number of carbonyl (C=O) groups is 1. The number of thioether (sulfide) groups is 1. The van der Waals surface area contributed by atoms with E-state index in [4.69, 9.17) is 27.7 Å². The largest absolute Gasteiger partial charge is 0.360 e. The zero-order chi connectivity index (χ0) is 18.5. The first-order valence-corrected chi connectivity index (χ1v) is 9.68. The second-order valence-electron chi connectivity index (χ2n) is 5.50. The van der Waals surface area contributed by atoms with Gasteiger partial charge >= 0.3 is 0 Å². The van der Waals surface area contributed by atoms with Gasteiger partial charge in [0, 0.05) is 27.8 Å². The minimum Gasteiger partial charge on any atom is -0.360 e. The summed E-state index contributed by atoms with van der Waals surface area (Å²) in [6.45, 7) is 2.23. The SMILES string of the molecule is Cc1onc(-c2ccccc2Cl)c1C(=O)NCCSc1ccc(Cl)cc1. The van der Waals surface area contributed by atoms with Gasteiger partial charge in [-0.05, 0) is 37.3 Å². The molecule has 1 N–H and O–H groups in total. The fraction of sp³-hybridized carbons (Fsp3) is 0.158. The predicted octanol–water partition coefficient (Wildman–Crippen LogP) is 5.48. The van der Waals surface area contributed by atoms with E-state index < -0.39 is 0 Å². The maximum absolute atomic E-state index is 12.6. The summed E-state index contributed by atoms with van der Waals surface area (Å²) in [6.07, 6.45) is 0. The summed E-state index contributed by atoms with van der Waals surface area (Å²) in [7, 11) is 0. The molecule has 1 aromatic heterocycles. The number of rotatable bonds is 6. The Morgan fingerprint density at radius 1 is 1.15 bits per heavy atom. The van der Waals surface area contributed by atoms with Crippen LogP contribution in [-0.2, 0) is 0 Å². The number of carbonyl (C=O) groups excluding carboxylic acids is 1. The molecule has 2 aromatic carbocycles. The van der Waals surface area contributed by atoms with Crippen LogP contribution in [0.2, 0.25) is 10.0 Å². The minimum atomic E-state index is -0.227. The number of aromatic nitrogens is 1. The molecule has 1 amide bonds. The van der Waals surface area contributed by atoms with Gasteiger partial charge in [0.25, 0.3) is 5.91 Å². The van der Waals surface area contributed by atoms with Crippen LogP contribution in [0.4, 0.5) is 0 Å². The highest BCUT2D eigenvalue weighted by Crippen LogP contribution is 2.30. The molecule has 0 radical (unpaired) electrons. The third-order valence-corrected chi connectivity index (χ3v) is 5.28. The van der Waals surface area contributed by atoms with Gasteiger partial charge in [-0.25, -0.2) is 0 Å². The van der Waals surface area contributed by atoms with Crippen molar-refractivity contribution < 1.29 is 9.32 Å². The van der Waals surface area contributed by atoms with Gasteiger partial charge in [0.2, 0.25) is 0 Å². The van der Waals surface area contributed by atoms with Crippen molar-refractivity contribution in [3.63, 3.8) is 0 Å². The number of halogens is 2.